The van der Waals surface area contributed by atoms with Crippen LogP contribution in [0.5, 0.6) is 0 Å². The van der Waals surface area contributed by atoms with Crippen LogP contribution >= 0.6 is 0 Å². The van der Waals surface area contributed by atoms with Gasteiger partial charge in [-0.15, -0.1) is 0 Å². The van der Waals surface area contributed by atoms with Crippen molar-refractivity contribution in [3.8, 4) is 0 Å². The Bertz CT molecular complexity index is 1260. The Morgan fingerprint density at radius 2 is 2.03 bits per heavy atom. The first-order chi connectivity index (χ1) is 15.6. The number of carbonyl (C=O) groups is 1. The second kappa shape index (κ2) is 8.58. The number of ether oxygens (including phenoxy) is 1. The predicted octanol–water partition coefficient (Wildman–Crippen LogP) is 4.18. The van der Waals surface area contributed by atoms with Gasteiger partial charge >= 0.3 is 6.09 Å². The van der Waals surface area contributed by atoms with Gasteiger partial charge in [0.2, 0.25) is 0 Å². The number of nitrogens with one attached hydrogen (secondary N) is 1. The summed E-state index contributed by atoms with van der Waals surface area (Å²) in [5.74, 6) is -0.0477. The number of aryl methyl sites for hydroxylation is 1. The van der Waals surface area contributed by atoms with E-state index in [1.54, 1.807) is 6.07 Å². The summed E-state index contributed by atoms with van der Waals surface area (Å²) in [6, 6.07) is 12.2. The van der Waals surface area contributed by atoms with Crippen LogP contribution in [-0.2, 0) is 4.74 Å². The van der Waals surface area contributed by atoms with Gasteiger partial charge in [-0.3, -0.25) is 4.90 Å². The van der Waals surface area contributed by atoms with Crippen LogP contribution in [0, 0.1) is 12.7 Å². The van der Waals surface area contributed by atoms with E-state index < -0.39 is 6.09 Å². The zero-order valence-corrected chi connectivity index (χ0v) is 17.8. The molecule has 0 radical (unpaired) electrons. The van der Waals surface area contributed by atoms with Crippen LogP contribution in [0.25, 0.3) is 21.9 Å². The minimum absolute atomic E-state index is 0.276. The molecule has 9 heteroatoms. The van der Waals surface area contributed by atoms with E-state index in [1.807, 2.05) is 31.2 Å². The van der Waals surface area contributed by atoms with Gasteiger partial charge in [-0.1, -0.05) is 23.4 Å². The Labute approximate surface area is 183 Å². The van der Waals surface area contributed by atoms with E-state index in [4.69, 9.17) is 9.26 Å². The maximum absolute atomic E-state index is 13.4. The molecular weight excluding hydrogens is 413 g/mol. The van der Waals surface area contributed by atoms with Crippen molar-refractivity contribution < 1.29 is 18.4 Å². The van der Waals surface area contributed by atoms with Crippen LogP contribution in [0.4, 0.5) is 9.18 Å². The minimum Gasteiger partial charge on any atom is -0.447 e. The molecule has 166 valence electrons. The molecule has 1 amide bonds. The zero-order chi connectivity index (χ0) is 22.1. The number of carbonyl (C=O) groups excluding carboxylic acids is 1. The summed E-state index contributed by atoms with van der Waals surface area (Å²) in [5.41, 5.74) is 5.73. The lowest BCUT2D eigenvalue weighted by molar-refractivity contribution is 0.125. The SMILES string of the molecule is Cc1nn(NC(=O)OCCN2CCC(c3noc4cc(F)ccc34)CC2)c2ccccc12. The van der Waals surface area contributed by atoms with Gasteiger partial charge in [-0.05, 0) is 51.1 Å². The normalized spacial score (nSPS) is 15.4. The highest BCUT2D eigenvalue weighted by Gasteiger charge is 2.25. The number of amides is 1. The predicted molar refractivity (Wildman–Crippen MR) is 118 cm³/mol. The molecule has 5 rings (SSSR count). The minimum atomic E-state index is -0.533. The first-order valence-electron chi connectivity index (χ1n) is 10.7. The second-order valence-electron chi connectivity index (χ2n) is 8.09. The van der Waals surface area contributed by atoms with Crippen molar-refractivity contribution in [2.24, 2.45) is 0 Å². The summed E-state index contributed by atoms with van der Waals surface area (Å²) in [6.45, 7) is 4.59. The van der Waals surface area contributed by atoms with E-state index in [9.17, 15) is 9.18 Å². The fourth-order valence-corrected chi connectivity index (χ4v) is 4.35. The van der Waals surface area contributed by atoms with Gasteiger partial charge in [0.25, 0.3) is 0 Å². The third-order valence-corrected chi connectivity index (χ3v) is 6.05. The number of benzene rings is 2. The first kappa shape index (κ1) is 20.4. The summed E-state index contributed by atoms with van der Waals surface area (Å²) in [4.78, 5) is 15.9. The van der Waals surface area contributed by atoms with Crippen LogP contribution in [0.15, 0.2) is 47.0 Å². The van der Waals surface area contributed by atoms with Gasteiger partial charge in [-0.2, -0.15) is 9.89 Å². The smallest absolute Gasteiger partial charge is 0.427 e. The quantitative estimate of drug-likeness (QED) is 0.504. The largest absolute Gasteiger partial charge is 0.447 e. The standard InChI is InChI=1S/C23H24FN5O3/c1-15-18-4-2-3-5-20(18)29(25-15)26-23(30)31-13-12-28-10-8-16(9-11-28)22-19-7-6-17(24)14-21(19)32-27-22/h2-7,14,16H,8-13H2,1H3,(H,26,30). The Balaban J connectivity index is 1.10. The molecule has 1 saturated heterocycles. The topological polar surface area (TPSA) is 85.4 Å². The number of para-hydroxylation sites is 1. The number of nitrogens with zero attached hydrogens (tertiary/aromatic N) is 4. The third kappa shape index (κ3) is 4.03. The van der Waals surface area contributed by atoms with Gasteiger partial charge in [0.05, 0.1) is 16.9 Å². The molecule has 2 aromatic heterocycles. The molecular formula is C23H24FN5O3. The number of aromatic nitrogens is 3. The van der Waals surface area contributed by atoms with Gasteiger partial charge in [0.1, 0.15) is 12.4 Å². The van der Waals surface area contributed by atoms with E-state index in [-0.39, 0.29) is 11.7 Å². The maximum Gasteiger partial charge on any atom is 0.427 e. The maximum atomic E-state index is 13.4. The summed E-state index contributed by atoms with van der Waals surface area (Å²) >= 11 is 0. The van der Waals surface area contributed by atoms with E-state index in [0.717, 1.165) is 53.6 Å². The Hall–Kier alpha value is -3.46. The Kier molecular flexibility index (Phi) is 5.48. The number of halogens is 1. The van der Waals surface area contributed by atoms with Crippen LogP contribution in [-0.4, -0.2) is 52.3 Å². The molecule has 32 heavy (non-hydrogen) atoms. The lowest BCUT2D eigenvalue weighted by atomic mass is 9.91. The molecule has 4 aromatic rings. The highest BCUT2D eigenvalue weighted by atomic mass is 19.1. The third-order valence-electron chi connectivity index (χ3n) is 6.05. The number of piperidine rings is 1. The van der Waals surface area contributed by atoms with Crippen LogP contribution in [0.2, 0.25) is 0 Å². The van der Waals surface area contributed by atoms with Gasteiger partial charge in [0.15, 0.2) is 5.58 Å². The molecule has 8 nitrogen and oxygen atoms in total. The van der Waals surface area contributed by atoms with Gasteiger partial charge in [-0.25, -0.2) is 14.6 Å². The van der Waals surface area contributed by atoms with Crippen molar-refractivity contribution in [2.75, 3.05) is 31.7 Å². The molecule has 1 aliphatic rings. The van der Waals surface area contributed by atoms with Crippen molar-refractivity contribution in [3.05, 3.63) is 59.7 Å². The van der Waals surface area contributed by atoms with Gasteiger partial charge < -0.3 is 9.26 Å². The van der Waals surface area contributed by atoms with E-state index in [0.29, 0.717) is 18.7 Å². The van der Waals surface area contributed by atoms with Gasteiger partial charge in [0, 0.05) is 29.3 Å². The lowest BCUT2D eigenvalue weighted by Gasteiger charge is -2.30. The Morgan fingerprint density at radius 1 is 1.22 bits per heavy atom. The van der Waals surface area contributed by atoms with Crippen LogP contribution in [0.1, 0.15) is 30.1 Å². The monoisotopic (exact) mass is 437 g/mol. The molecule has 3 heterocycles. The van der Waals surface area contributed by atoms with Crippen LogP contribution in [0.3, 0.4) is 0 Å². The van der Waals surface area contributed by atoms with Crippen LogP contribution < -0.4 is 5.43 Å². The average Bonchev–Trinajstić information content (AvgIpc) is 3.35. The average molecular weight is 437 g/mol. The van der Waals surface area contributed by atoms with Crippen molar-refractivity contribution in [2.45, 2.75) is 25.7 Å². The van der Waals surface area contributed by atoms with Crippen molar-refractivity contribution in [3.63, 3.8) is 0 Å². The summed E-state index contributed by atoms with van der Waals surface area (Å²) in [6.07, 6.45) is 1.31. The zero-order valence-electron chi connectivity index (χ0n) is 17.8. The number of likely N-dealkylation sites (tertiary alicyclic amines) is 1. The second-order valence-corrected chi connectivity index (χ2v) is 8.09. The molecule has 1 N–H and O–H groups in total. The molecule has 0 bridgehead atoms. The number of hydrogen-bond donors (Lipinski definition) is 1. The van der Waals surface area contributed by atoms with E-state index in [2.05, 4.69) is 20.6 Å². The molecule has 0 spiro atoms. The summed E-state index contributed by atoms with van der Waals surface area (Å²) in [7, 11) is 0. The fraction of sp³-hybridized carbons (Fsp3) is 0.348. The Morgan fingerprint density at radius 3 is 2.88 bits per heavy atom. The van der Waals surface area contributed by atoms with E-state index >= 15 is 0 Å². The summed E-state index contributed by atoms with van der Waals surface area (Å²) in [5, 5.41) is 10.4. The molecule has 0 atom stereocenters. The van der Waals surface area contributed by atoms with Crippen molar-refractivity contribution in [1.82, 2.24) is 19.9 Å². The summed E-state index contributed by atoms with van der Waals surface area (Å²) < 4.78 is 24.0. The van der Waals surface area contributed by atoms with Crippen molar-refractivity contribution >= 4 is 28.0 Å². The van der Waals surface area contributed by atoms with Crippen molar-refractivity contribution in [1.29, 1.82) is 0 Å². The molecule has 2 aromatic carbocycles. The number of rotatable bonds is 5. The number of fused-ring (bicyclic) bond motifs is 2. The molecule has 0 saturated carbocycles. The highest BCUT2D eigenvalue weighted by Crippen LogP contribution is 2.32. The fourth-order valence-electron chi connectivity index (χ4n) is 4.35. The first-order valence-corrected chi connectivity index (χ1v) is 10.7. The lowest BCUT2D eigenvalue weighted by Crippen LogP contribution is -2.36. The van der Waals surface area contributed by atoms with E-state index in [1.165, 1.54) is 16.9 Å². The highest BCUT2D eigenvalue weighted by molar-refractivity contribution is 5.85. The number of hydrogen-bond acceptors (Lipinski definition) is 6. The molecule has 0 aliphatic carbocycles. The molecule has 0 unspecified atom stereocenters. The molecule has 1 fully saturated rings. The molecule has 1 aliphatic heterocycles.